The van der Waals surface area contributed by atoms with Gasteiger partial charge in [0.15, 0.2) is 5.78 Å². The summed E-state index contributed by atoms with van der Waals surface area (Å²) in [6, 6.07) is -0.331. The number of rotatable bonds is 3. The van der Waals surface area contributed by atoms with Crippen molar-refractivity contribution in [1.82, 2.24) is 0 Å². The minimum atomic E-state index is -1.26. The summed E-state index contributed by atoms with van der Waals surface area (Å²) < 4.78 is 0. The monoisotopic (exact) mass is 198 g/mol. The van der Waals surface area contributed by atoms with E-state index in [0.717, 1.165) is 6.42 Å². The summed E-state index contributed by atoms with van der Waals surface area (Å²) in [5, 5.41) is 10.0. The van der Waals surface area contributed by atoms with Gasteiger partial charge in [-0.05, 0) is 19.8 Å². The molecule has 1 rings (SSSR count). The van der Waals surface area contributed by atoms with Gasteiger partial charge in [-0.25, -0.2) is 0 Å². The summed E-state index contributed by atoms with van der Waals surface area (Å²) >= 11 is 0. The first-order valence-corrected chi connectivity index (χ1v) is 4.94. The van der Waals surface area contributed by atoms with Gasteiger partial charge in [-0.3, -0.25) is 9.79 Å². The highest BCUT2D eigenvalue weighted by molar-refractivity contribution is 5.91. The summed E-state index contributed by atoms with van der Waals surface area (Å²) in [6.45, 7) is 5.24. The Bertz CT molecular complexity index is 269. The average molecular weight is 198 g/mol. The van der Waals surface area contributed by atoms with Gasteiger partial charge in [-0.15, -0.1) is 0 Å². The smallest absolute Gasteiger partial charge is 0.169 e. The predicted octanol–water partition coefficient (Wildman–Crippen LogP) is 0.482. The van der Waals surface area contributed by atoms with Gasteiger partial charge in [0.05, 0.1) is 11.9 Å². The van der Waals surface area contributed by atoms with E-state index in [1.165, 1.54) is 0 Å². The zero-order valence-electron chi connectivity index (χ0n) is 8.95. The van der Waals surface area contributed by atoms with E-state index in [1.54, 1.807) is 20.8 Å². The third-order valence-electron chi connectivity index (χ3n) is 2.66. The third-order valence-corrected chi connectivity index (χ3v) is 2.66. The molecule has 0 bridgehead atoms. The van der Waals surface area contributed by atoms with Gasteiger partial charge in [0.1, 0.15) is 5.60 Å². The van der Waals surface area contributed by atoms with E-state index < -0.39 is 5.60 Å². The second-order valence-corrected chi connectivity index (χ2v) is 4.27. The predicted molar refractivity (Wildman–Crippen MR) is 55.1 cm³/mol. The van der Waals surface area contributed by atoms with Gasteiger partial charge in [-0.1, -0.05) is 13.8 Å². The van der Waals surface area contributed by atoms with Crippen LogP contribution in [0.1, 0.15) is 33.6 Å². The number of nitrogens with two attached hydrogens (primary N) is 1. The van der Waals surface area contributed by atoms with E-state index in [0.29, 0.717) is 12.3 Å². The minimum absolute atomic E-state index is 0.126. The van der Waals surface area contributed by atoms with Crippen LogP contribution in [-0.2, 0) is 4.79 Å². The van der Waals surface area contributed by atoms with E-state index in [9.17, 15) is 9.90 Å². The quantitative estimate of drug-likeness (QED) is 0.511. The second kappa shape index (κ2) is 3.69. The van der Waals surface area contributed by atoms with Gasteiger partial charge < -0.3 is 10.8 Å². The van der Waals surface area contributed by atoms with Crippen molar-refractivity contribution in [2.75, 3.05) is 0 Å². The molecule has 4 nitrogen and oxygen atoms in total. The molecule has 1 aliphatic carbocycles. The molecule has 0 heterocycles. The number of aliphatic hydroxyl groups is 1. The second-order valence-electron chi connectivity index (χ2n) is 4.27. The van der Waals surface area contributed by atoms with Crippen LogP contribution in [0.25, 0.3) is 0 Å². The van der Waals surface area contributed by atoms with E-state index in [4.69, 9.17) is 5.73 Å². The fourth-order valence-electron chi connectivity index (χ4n) is 1.75. The molecule has 0 saturated heterocycles. The third kappa shape index (κ3) is 1.80. The van der Waals surface area contributed by atoms with E-state index in [-0.39, 0.29) is 17.7 Å². The molecule has 2 atom stereocenters. The first kappa shape index (κ1) is 11.2. The van der Waals surface area contributed by atoms with Gasteiger partial charge in [0.25, 0.3) is 0 Å². The van der Waals surface area contributed by atoms with Crippen LogP contribution < -0.4 is 5.73 Å². The molecule has 3 N–H and O–H groups in total. The largest absolute Gasteiger partial charge is 0.388 e. The van der Waals surface area contributed by atoms with Crippen LogP contribution in [0.2, 0.25) is 0 Å². The molecule has 4 heteroatoms. The van der Waals surface area contributed by atoms with E-state index in [2.05, 4.69) is 4.99 Å². The number of carbonyl (C=O) groups is 1. The molecule has 1 aliphatic rings. The van der Waals surface area contributed by atoms with Crippen LogP contribution in [0.4, 0.5) is 0 Å². The maximum Gasteiger partial charge on any atom is 0.169 e. The number of ketones is 1. The molecule has 2 unspecified atom stereocenters. The van der Waals surface area contributed by atoms with Crippen LogP contribution in [-0.4, -0.2) is 28.4 Å². The summed E-state index contributed by atoms with van der Waals surface area (Å²) in [6.07, 6.45) is 1.25. The summed E-state index contributed by atoms with van der Waals surface area (Å²) in [4.78, 5) is 15.7. The highest BCUT2D eigenvalue weighted by Crippen LogP contribution is 2.37. The lowest BCUT2D eigenvalue weighted by Crippen LogP contribution is -2.58. The lowest BCUT2D eigenvalue weighted by atomic mass is 9.70. The highest BCUT2D eigenvalue weighted by atomic mass is 16.3. The van der Waals surface area contributed by atoms with Crippen LogP contribution in [0, 0.1) is 5.92 Å². The molecule has 80 valence electrons. The Kier molecular flexibility index (Phi) is 2.95. The zero-order valence-corrected chi connectivity index (χ0v) is 8.95. The van der Waals surface area contributed by atoms with Crippen LogP contribution in [0.15, 0.2) is 4.99 Å². The maximum atomic E-state index is 11.7. The van der Waals surface area contributed by atoms with Crippen molar-refractivity contribution in [2.24, 2.45) is 16.6 Å². The first-order chi connectivity index (χ1) is 6.38. The molecule has 0 radical (unpaired) electrons. The number of Topliss-reactive ketones (excluding diaryl/α,β-unsaturated/α-hetero) is 1. The van der Waals surface area contributed by atoms with Crippen molar-refractivity contribution in [1.29, 1.82) is 0 Å². The molecule has 0 aromatic carbocycles. The van der Waals surface area contributed by atoms with E-state index in [1.807, 2.05) is 0 Å². The normalized spacial score (nSPS) is 32.9. The molecule has 1 fully saturated rings. The Labute approximate surface area is 84.2 Å². The number of aliphatic imine (C=N–C) groups is 1. The number of nitrogens with zero attached hydrogens (tertiary/aromatic N) is 1. The van der Waals surface area contributed by atoms with Gasteiger partial charge in [0, 0.05) is 5.92 Å². The van der Waals surface area contributed by atoms with Crippen molar-refractivity contribution in [3.05, 3.63) is 0 Å². The molecule has 0 spiro atoms. The Morgan fingerprint density at radius 3 is 2.50 bits per heavy atom. The van der Waals surface area contributed by atoms with Crippen LogP contribution >= 0.6 is 0 Å². The molecular weight excluding hydrogens is 180 g/mol. The van der Waals surface area contributed by atoms with Gasteiger partial charge in [-0.2, -0.15) is 0 Å². The Balaban J connectivity index is 2.77. The van der Waals surface area contributed by atoms with Crippen LogP contribution in [0.3, 0.4) is 0 Å². The standard InChI is InChI=1S/C10H18N2O2/c1-6(2)9(13)10(14)5-4-8(10)12-7(3)11/h6,8,14H,4-5H2,1-3H3,(H2,11,12). The zero-order chi connectivity index (χ0) is 10.9. The lowest BCUT2D eigenvalue weighted by molar-refractivity contribution is -0.152. The van der Waals surface area contributed by atoms with Crippen molar-refractivity contribution < 1.29 is 9.90 Å². The Morgan fingerprint density at radius 1 is 1.64 bits per heavy atom. The molecule has 0 amide bonds. The SMILES string of the molecule is CC(N)=NC1CCC1(O)C(=O)C(C)C. The molecule has 0 aliphatic heterocycles. The maximum absolute atomic E-state index is 11.7. The van der Waals surface area contributed by atoms with Crippen molar-refractivity contribution in [2.45, 2.75) is 45.3 Å². The number of hydrogen-bond acceptors (Lipinski definition) is 3. The fourth-order valence-corrected chi connectivity index (χ4v) is 1.75. The summed E-state index contributed by atoms with van der Waals surface area (Å²) in [5.41, 5.74) is 4.17. The molecule has 0 aromatic heterocycles. The molecular formula is C10H18N2O2. The van der Waals surface area contributed by atoms with Gasteiger partial charge in [0.2, 0.25) is 0 Å². The number of hydrogen-bond donors (Lipinski definition) is 2. The first-order valence-electron chi connectivity index (χ1n) is 4.94. The molecule has 14 heavy (non-hydrogen) atoms. The van der Waals surface area contributed by atoms with E-state index >= 15 is 0 Å². The average Bonchev–Trinajstić information content (AvgIpc) is 2.09. The molecule has 0 aromatic rings. The van der Waals surface area contributed by atoms with Crippen molar-refractivity contribution in [3.8, 4) is 0 Å². The highest BCUT2D eigenvalue weighted by Gasteiger charge is 2.51. The summed E-state index contributed by atoms with van der Waals surface area (Å²) in [7, 11) is 0. The minimum Gasteiger partial charge on any atom is -0.388 e. The topological polar surface area (TPSA) is 75.7 Å². The van der Waals surface area contributed by atoms with Crippen molar-refractivity contribution in [3.63, 3.8) is 0 Å². The lowest BCUT2D eigenvalue weighted by Gasteiger charge is -2.42. The van der Waals surface area contributed by atoms with Gasteiger partial charge >= 0.3 is 0 Å². The van der Waals surface area contributed by atoms with Crippen molar-refractivity contribution >= 4 is 11.6 Å². The molecule has 1 saturated carbocycles. The Hall–Kier alpha value is -0.900. The fraction of sp³-hybridized carbons (Fsp3) is 0.800. The van der Waals surface area contributed by atoms with Crippen LogP contribution in [0.5, 0.6) is 0 Å². The summed E-state index contributed by atoms with van der Waals surface area (Å²) in [5.74, 6) is 0.138. The Morgan fingerprint density at radius 2 is 2.21 bits per heavy atom. The number of amidine groups is 1. The number of carbonyl (C=O) groups excluding carboxylic acids is 1.